The summed E-state index contributed by atoms with van der Waals surface area (Å²) in [6.07, 6.45) is -0.623. The largest absolute Gasteiger partial charge is 0.450 e. The van der Waals surface area contributed by atoms with E-state index in [4.69, 9.17) is 4.74 Å². The fourth-order valence-electron chi connectivity index (χ4n) is 2.34. The maximum atomic E-state index is 12.6. The third-order valence-corrected chi connectivity index (χ3v) is 7.70. The predicted octanol–water partition coefficient (Wildman–Crippen LogP) is 2.87. The van der Waals surface area contributed by atoms with Gasteiger partial charge in [-0.1, -0.05) is 43.0 Å². The summed E-state index contributed by atoms with van der Waals surface area (Å²) in [5.74, 6) is -0.284. The Labute approximate surface area is 183 Å². The van der Waals surface area contributed by atoms with Gasteiger partial charge in [-0.05, 0) is 25.1 Å². The summed E-state index contributed by atoms with van der Waals surface area (Å²) in [4.78, 5) is 23.7. The Morgan fingerprint density at radius 2 is 1.90 bits per heavy atom. The van der Waals surface area contributed by atoms with Crippen LogP contribution in [0.5, 0.6) is 0 Å². The van der Waals surface area contributed by atoms with Gasteiger partial charge in [0.2, 0.25) is 21.1 Å². The molecule has 0 bridgehead atoms. The van der Waals surface area contributed by atoms with E-state index in [0.29, 0.717) is 23.1 Å². The zero-order valence-electron chi connectivity index (χ0n) is 16.7. The van der Waals surface area contributed by atoms with Crippen molar-refractivity contribution in [2.24, 2.45) is 0 Å². The van der Waals surface area contributed by atoms with Gasteiger partial charge >= 0.3 is 6.09 Å². The number of aromatic nitrogens is 2. The number of anilines is 2. The van der Waals surface area contributed by atoms with E-state index in [1.165, 1.54) is 16.4 Å². The molecule has 0 fully saturated rings. The van der Waals surface area contributed by atoms with E-state index < -0.39 is 16.1 Å². The van der Waals surface area contributed by atoms with Crippen LogP contribution in [-0.4, -0.2) is 60.4 Å². The van der Waals surface area contributed by atoms with Crippen molar-refractivity contribution in [3.05, 3.63) is 24.3 Å². The van der Waals surface area contributed by atoms with E-state index in [0.717, 1.165) is 23.1 Å². The molecular formula is C17H23N5O5S3. The van der Waals surface area contributed by atoms with Gasteiger partial charge in [0.25, 0.3) is 0 Å². The number of hydrogen-bond donors (Lipinski definition) is 2. The fourth-order valence-corrected chi connectivity index (χ4v) is 5.39. The number of ether oxygens (including phenoxy) is 1. The molecule has 2 aromatic rings. The lowest BCUT2D eigenvalue weighted by Gasteiger charge is -2.18. The number of amides is 2. The Morgan fingerprint density at radius 3 is 2.57 bits per heavy atom. The summed E-state index contributed by atoms with van der Waals surface area (Å²) in [5.41, 5.74) is 0.385. The molecule has 164 valence electrons. The number of thioether (sulfide) groups is 1. The van der Waals surface area contributed by atoms with Crippen LogP contribution in [0.25, 0.3) is 0 Å². The van der Waals surface area contributed by atoms with Crippen molar-refractivity contribution in [2.75, 3.05) is 36.1 Å². The number of carbonyl (C=O) groups is 2. The second-order valence-electron chi connectivity index (χ2n) is 5.67. The van der Waals surface area contributed by atoms with Crippen LogP contribution >= 0.6 is 23.1 Å². The summed E-state index contributed by atoms with van der Waals surface area (Å²) in [7, 11) is -3.61. The molecule has 2 amide bonds. The fraction of sp³-hybridized carbons (Fsp3) is 0.412. The number of benzene rings is 1. The van der Waals surface area contributed by atoms with Gasteiger partial charge < -0.3 is 10.1 Å². The van der Waals surface area contributed by atoms with E-state index in [1.807, 2.05) is 0 Å². The minimum absolute atomic E-state index is 0.0427. The van der Waals surface area contributed by atoms with Crippen molar-refractivity contribution in [1.82, 2.24) is 14.5 Å². The van der Waals surface area contributed by atoms with Crippen molar-refractivity contribution in [1.29, 1.82) is 0 Å². The quantitative estimate of drug-likeness (QED) is 0.398. The highest BCUT2D eigenvalue weighted by molar-refractivity contribution is 8.01. The van der Waals surface area contributed by atoms with Crippen LogP contribution in [0.1, 0.15) is 20.8 Å². The Morgan fingerprint density at radius 1 is 1.17 bits per heavy atom. The third kappa shape index (κ3) is 6.65. The van der Waals surface area contributed by atoms with Gasteiger partial charge in [-0.3, -0.25) is 10.1 Å². The van der Waals surface area contributed by atoms with E-state index in [1.54, 1.807) is 32.9 Å². The molecule has 0 aliphatic rings. The molecule has 0 saturated carbocycles. The van der Waals surface area contributed by atoms with Crippen LogP contribution in [0.3, 0.4) is 0 Å². The summed E-state index contributed by atoms with van der Waals surface area (Å²) in [5, 5.41) is 13.1. The van der Waals surface area contributed by atoms with Crippen LogP contribution in [0.2, 0.25) is 0 Å². The first kappa shape index (κ1) is 24.1. The van der Waals surface area contributed by atoms with E-state index in [9.17, 15) is 18.0 Å². The maximum absolute atomic E-state index is 12.6. The molecular weight excluding hydrogens is 450 g/mol. The molecule has 2 N–H and O–H groups in total. The van der Waals surface area contributed by atoms with Gasteiger partial charge in [0.05, 0.1) is 17.3 Å². The molecule has 13 heteroatoms. The van der Waals surface area contributed by atoms with Gasteiger partial charge in [0.15, 0.2) is 4.34 Å². The van der Waals surface area contributed by atoms with Gasteiger partial charge in [-0.2, -0.15) is 4.31 Å². The number of nitrogens with zero attached hydrogens (tertiary/aromatic N) is 3. The van der Waals surface area contributed by atoms with Crippen molar-refractivity contribution in [2.45, 2.75) is 30.0 Å². The second kappa shape index (κ2) is 11.2. The van der Waals surface area contributed by atoms with E-state index >= 15 is 0 Å². The van der Waals surface area contributed by atoms with Gasteiger partial charge in [0, 0.05) is 18.8 Å². The van der Waals surface area contributed by atoms with Crippen LogP contribution in [-0.2, 0) is 19.6 Å². The molecule has 1 aromatic heterocycles. The minimum Gasteiger partial charge on any atom is -0.450 e. The molecule has 1 aromatic carbocycles. The highest BCUT2D eigenvalue weighted by Crippen LogP contribution is 2.26. The zero-order valence-corrected chi connectivity index (χ0v) is 19.2. The molecule has 0 aliphatic carbocycles. The lowest BCUT2D eigenvalue weighted by Crippen LogP contribution is -2.30. The Balaban J connectivity index is 1.94. The number of carbonyl (C=O) groups excluding carboxylic acids is 2. The van der Waals surface area contributed by atoms with Gasteiger partial charge in [-0.25, -0.2) is 13.2 Å². The van der Waals surface area contributed by atoms with Crippen molar-refractivity contribution in [3.63, 3.8) is 0 Å². The topological polar surface area (TPSA) is 131 Å². The van der Waals surface area contributed by atoms with Crippen LogP contribution in [0.15, 0.2) is 33.5 Å². The number of hydrogen-bond acceptors (Lipinski definition) is 9. The molecule has 0 unspecified atom stereocenters. The van der Waals surface area contributed by atoms with Crippen LogP contribution in [0, 0.1) is 0 Å². The lowest BCUT2D eigenvalue weighted by molar-refractivity contribution is -0.113. The first-order valence-corrected chi connectivity index (χ1v) is 12.3. The van der Waals surface area contributed by atoms with E-state index in [-0.39, 0.29) is 28.3 Å². The third-order valence-electron chi connectivity index (χ3n) is 3.68. The van der Waals surface area contributed by atoms with Crippen LogP contribution in [0.4, 0.5) is 15.6 Å². The predicted molar refractivity (Wildman–Crippen MR) is 116 cm³/mol. The highest BCUT2D eigenvalue weighted by atomic mass is 32.2. The summed E-state index contributed by atoms with van der Waals surface area (Å²) in [6, 6.07) is 6.13. The summed E-state index contributed by atoms with van der Waals surface area (Å²) >= 11 is 2.26. The summed E-state index contributed by atoms with van der Waals surface area (Å²) < 4.78 is 31.8. The second-order valence-corrected chi connectivity index (χ2v) is 9.81. The van der Waals surface area contributed by atoms with Crippen molar-refractivity contribution < 1.29 is 22.7 Å². The highest BCUT2D eigenvalue weighted by Gasteiger charge is 2.22. The Bertz CT molecular complexity index is 976. The first-order valence-electron chi connectivity index (χ1n) is 9.10. The SMILES string of the molecule is CCOC(=O)Nc1nnc(SCC(=O)Nc2cccc(S(=O)(=O)N(CC)CC)c2)s1. The zero-order chi connectivity index (χ0) is 22.1. The number of rotatable bonds is 10. The first-order chi connectivity index (χ1) is 14.3. The monoisotopic (exact) mass is 473 g/mol. The van der Waals surface area contributed by atoms with Crippen molar-refractivity contribution >= 4 is 55.9 Å². The standard InChI is InChI=1S/C17H23N5O5S3/c1-4-22(5-2)30(25,26)13-9-7-8-12(10-13)18-14(23)11-28-17-21-20-15(29-17)19-16(24)27-6-3/h7-10H,4-6,11H2,1-3H3,(H,18,23)(H,19,20,24). The van der Waals surface area contributed by atoms with Gasteiger partial charge in [0.1, 0.15) is 0 Å². The Hall–Kier alpha value is -2.22. The van der Waals surface area contributed by atoms with Crippen LogP contribution < -0.4 is 10.6 Å². The molecule has 1 heterocycles. The molecule has 30 heavy (non-hydrogen) atoms. The number of sulfonamides is 1. The molecule has 0 atom stereocenters. The molecule has 0 radical (unpaired) electrons. The Kier molecular flexibility index (Phi) is 9.02. The number of nitrogens with one attached hydrogen (secondary N) is 2. The molecule has 0 spiro atoms. The smallest absolute Gasteiger partial charge is 0.413 e. The molecule has 0 saturated heterocycles. The van der Waals surface area contributed by atoms with E-state index in [2.05, 4.69) is 20.8 Å². The molecule has 2 rings (SSSR count). The molecule has 10 nitrogen and oxygen atoms in total. The van der Waals surface area contributed by atoms with Crippen molar-refractivity contribution in [3.8, 4) is 0 Å². The average Bonchev–Trinajstić information content (AvgIpc) is 3.15. The van der Waals surface area contributed by atoms with Gasteiger partial charge in [-0.15, -0.1) is 10.2 Å². The normalized spacial score (nSPS) is 11.3. The average molecular weight is 474 g/mol. The molecule has 0 aliphatic heterocycles. The lowest BCUT2D eigenvalue weighted by atomic mass is 10.3. The maximum Gasteiger partial charge on any atom is 0.413 e. The minimum atomic E-state index is -3.61. The summed E-state index contributed by atoms with van der Waals surface area (Å²) in [6.45, 7) is 6.19.